The van der Waals surface area contributed by atoms with Crippen LogP contribution in [0.5, 0.6) is 11.6 Å². The van der Waals surface area contributed by atoms with Gasteiger partial charge in [-0.1, -0.05) is 29.5 Å². The Morgan fingerprint density at radius 1 is 1.39 bits per heavy atom. The Balaban J connectivity index is 1.82. The number of nitrogens with zero attached hydrogens (tertiary/aromatic N) is 3. The molecule has 1 unspecified atom stereocenters. The van der Waals surface area contributed by atoms with Crippen molar-refractivity contribution in [2.75, 3.05) is 6.61 Å². The molecule has 1 aromatic carbocycles. The Morgan fingerprint density at radius 2 is 2.17 bits per heavy atom. The third kappa shape index (κ3) is 3.81. The minimum Gasteiger partial charge on any atom is -0.493 e. The second kappa shape index (κ2) is 6.11. The van der Waals surface area contributed by atoms with Crippen LogP contribution in [0.2, 0.25) is 0 Å². The van der Waals surface area contributed by atoms with Gasteiger partial charge < -0.3 is 9.84 Å². The van der Waals surface area contributed by atoms with Gasteiger partial charge in [-0.05, 0) is 19.1 Å². The minimum atomic E-state index is -0.0729. The van der Waals surface area contributed by atoms with E-state index in [0.29, 0.717) is 11.7 Å². The summed E-state index contributed by atoms with van der Waals surface area (Å²) in [6, 6.07) is 9.48. The zero-order valence-corrected chi connectivity index (χ0v) is 10.7. The smallest absolute Gasteiger partial charge is 0.232 e. The monoisotopic (exact) mass is 263 g/mol. The first-order valence-corrected chi connectivity index (χ1v) is 6.35. The van der Waals surface area contributed by atoms with Gasteiger partial charge in [0.1, 0.15) is 18.4 Å². The van der Waals surface area contributed by atoms with Gasteiger partial charge in [0.15, 0.2) is 0 Å². The van der Waals surface area contributed by atoms with Crippen molar-refractivity contribution >= 4 is 16.5 Å². The fourth-order valence-corrected chi connectivity index (χ4v) is 1.72. The Kier molecular flexibility index (Phi) is 4.25. The first-order chi connectivity index (χ1) is 8.74. The summed E-state index contributed by atoms with van der Waals surface area (Å²) >= 11 is 1.24. The molecule has 2 aromatic rings. The second-order valence-electron chi connectivity index (χ2n) is 3.68. The predicted octanol–water partition coefficient (Wildman–Crippen LogP) is 3.40. The second-order valence-corrected chi connectivity index (χ2v) is 4.51. The lowest BCUT2D eigenvalue weighted by Crippen LogP contribution is -2.10. The Morgan fingerprint density at radius 3 is 2.83 bits per heavy atom. The number of azo groups is 1. The zero-order valence-electron chi connectivity index (χ0n) is 9.85. The van der Waals surface area contributed by atoms with Gasteiger partial charge in [0, 0.05) is 0 Å². The molecule has 0 amide bonds. The quantitative estimate of drug-likeness (QED) is 0.841. The summed E-state index contributed by atoms with van der Waals surface area (Å²) in [5.41, 5.74) is 0. The van der Waals surface area contributed by atoms with Gasteiger partial charge in [0.2, 0.25) is 11.0 Å². The van der Waals surface area contributed by atoms with Crippen LogP contribution in [-0.4, -0.2) is 22.7 Å². The average Bonchev–Trinajstić information content (AvgIpc) is 2.81. The molecule has 2 rings (SSSR count). The number of ether oxygens (including phenoxy) is 1. The summed E-state index contributed by atoms with van der Waals surface area (Å²) < 4.78 is 5.54. The molecule has 1 N–H and O–H groups in total. The molecule has 0 saturated heterocycles. The number of hydrogen-bond acceptors (Lipinski definition) is 6. The van der Waals surface area contributed by atoms with Crippen LogP contribution in [0.15, 0.2) is 45.9 Å². The number of benzene rings is 1. The van der Waals surface area contributed by atoms with E-state index in [0.717, 1.165) is 5.75 Å². The van der Waals surface area contributed by atoms with E-state index in [-0.39, 0.29) is 11.9 Å². The van der Waals surface area contributed by atoms with Crippen LogP contribution < -0.4 is 4.74 Å². The molecule has 0 aliphatic heterocycles. The number of aromatic nitrogens is 1. The summed E-state index contributed by atoms with van der Waals surface area (Å²) in [4.78, 5) is 3.77. The molecule has 0 saturated carbocycles. The lowest BCUT2D eigenvalue weighted by atomic mass is 10.3. The Labute approximate surface area is 109 Å². The molecular formula is C12H13N3O2S. The van der Waals surface area contributed by atoms with E-state index < -0.39 is 0 Å². The third-order valence-corrected chi connectivity index (χ3v) is 2.77. The fourth-order valence-electron chi connectivity index (χ4n) is 1.22. The van der Waals surface area contributed by atoms with Crippen LogP contribution in [0.25, 0.3) is 0 Å². The highest BCUT2D eigenvalue weighted by molar-refractivity contribution is 7.13. The van der Waals surface area contributed by atoms with Crippen molar-refractivity contribution in [1.29, 1.82) is 0 Å². The fraction of sp³-hybridized carbons (Fsp3) is 0.250. The van der Waals surface area contributed by atoms with Gasteiger partial charge >= 0.3 is 0 Å². The lowest BCUT2D eigenvalue weighted by Gasteiger charge is -2.07. The number of aromatic hydroxyl groups is 1. The minimum absolute atomic E-state index is 0.0258. The van der Waals surface area contributed by atoms with E-state index >= 15 is 0 Å². The van der Waals surface area contributed by atoms with Gasteiger partial charge in [0.25, 0.3) is 0 Å². The van der Waals surface area contributed by atoms with Crippen LogP contribution in [0.1, 0.15) is 6.92 Å². The van der Waals surface area contributed by atoms with Crippen LogP contribution >= 0.6 is 11.3 Å². The molecule has 0 fully saturated rings. The molecule has 0 aliphatic carbocycles. The third-order valence-electron chi connectivity index (χ3n) is 2.05. The van der Waals surface area contributed by atoms with E-state index in [2.05, 4.69) is 15.2 Å². The normalized spacial score (nSPS) is 12.7. The molecule has 18 heavy (non-hydrogen) atoms. The summed E-state index contributed by atoms with van der Waals surface area (Å²) in [7, 11) is 0. The summed E-state index contributed by atoms with van der Waals surface area (Å²) in [5, 5.41) is 19.0. The highest BCUT2D eigenvalue weighted by atomic mass is 32.1. The maximum absolute atomic E-state index is 9.04. The van der Waals surface area contributed by atoms with E-state index in [1.54, 1.807) is 0 Å². The largest absolute Gasteiger partial charge is 0.493 e. The first kappa shape index (κ1) is 12.5. The van der Waals surface area contributed by atoms with E-state index in [4.69, 9.17) is 9.84 Å². The molecule has 1 aromatic heterocycles. The van der Waals surface area contributed by atoms with E-state index in [1.807, 2.05) is 37.3 Å². The lowest BCUT2D eigenvalue weighted by molar-refractivity contribution is 0.293. The van der Waals surface area contributed by atoms with Crippen molar-refractivity contribution in [3.8, 4) is 11.6 Å². The van der Waals surface area contributed by atoms with Crippen LogP contribution in [0, 0.1) is 0 Å². The zero-order chi connectivity index (χ0) is 12.8. The van der Waals surface area contributed by atoms with Gasteiger partial charge in [-0.3, -0.25) is 0 Å². The molecule has 1 atom stereocenters. The topological polar surface area (TPSA) is 67.1 Å². The molecule has 0 bridgehead atoms. The molecule has 6 heteroatoms. The Bertz CT molecular complexity index is 513. The molecule has 94 valence electrons. The van der Waals surface area contributed by atoms with Crippen molar-refractivity contribution in [3.63, 3.8) is 0 Å². The maximum atomic E-state index is 9.04. The van der Waals surface area contributed by atoms with Gasteiger partial charge in [0.05, 0.1) is 5.38 Å². The average molecular weight is 263 g/mol. The standard InChI is InChI=1S/C12H13N3O2S/c1-9(7-17-10-5-3-2-4-6-10)14-15-12-13-11(16)8-18-12/h2-6,8-9,16H,7H2,1H3. The first-order valence-electron chi connectivity index (χ1n) is 5.47. The van der Waals surface area contributed by atoms with Gasteiger partial charge in [-0.2, -0.15) is 10.1 Å². The molecule has 1 heterocycles. The Hall–Kier alpha value is -1.95. The van der Waals surface area contributed by atoms with Gasteiger partial charge in [-0.15, -0.1) is 5.11 Å². The maximum Gasteiger partial charge on any atom is 0.232 e. The number of para-hydroxylation sites is 1. The molecular weight excluding hydrogens is 250 g/mol. The van der Waals surface area contributed by atoms with E-state index in [1.165, 1.54) is 16.7 Å². The van der Waals surface area contributed by atoms with Crippen LogP contribution in [0.3, 0.4) is 0 Å². The van der Waals surface area contributed by atoms with Crippen LogP contribution in [-0.2, 0) is 0 Å². The molecule has 5 nitrogen and oxygen atoms in total. The number of thiazole rings is 1. The highest BCUT2D eigenvalue weighted by Gasteiger charge is 2.02. The summed E-state index contributed by atoms with van der Waals surface area (Å²) in [6.45, 7) is 2.35. The molecule has 0 aliphatic rings. The van der Waals surface area contributed by atoms with Crippen molar-refractivity contribution in [1.82, 2.24) is 4.98 Å². The predicted molar refractivity (Wildman–Crippen MR) is 69.7 cm³/mol. The summed E-state index contributed by atoms with van der Waals surface area (Å²) in [6.07, 6.45) is 0. The van der Waals surface area contributed by atoms with E-state index in [9.17, 15) is 0 Å². The SMILES string of the molecule is CC(COc1ccccc1)N=Nc1nc(O)cs1. The van der Waals surface area contributed by atoms with Crippen molar-refractivity contribution < 1.29 is 9.84 Å². The van der Waals surface area contributed by atoms with Crippen molar-refractivity contribution in [2.45, 2.75) is 13.0 Å². The molecule has 0 spiro atoms. The number of rotatable bonds is 5. The van der Waals surface area contributed by atoms with Crippen molar-refractivity contribution in [3.05, 3.63) is 35.7 Å². The van der Waals surface area contributed by atoms with Gasteiger partial charge in [-0.25, -0.2) is 0 Å². The van der Waals surface area contributed by atoms with Crippen LogP contribution in [0.4, 0.5) is 5.13 Å². The highest BCUT2D eigenvalue weighted by Crippen LogP contribution is 2.23. The molecule has 0 radical (unpaired) electrons. The number of hydrogen-bond donors (Lipinski definition) is 1. The van der Waals surface area contributed by atoms with Crippen molar-refractivity contribution in [2.24, 2.45) is 10.2 Å². The summed E-state index contributed by atoms with van der Waals surface area (Å²) in [5.74, 6) is 0.786.